The quantitative estimate of drug-likeness (QED) is 0.884. The summed E-state index contributed by atoms with van der Waals surface area (Å²) in [6, 6.07) is 2.54. The van der Waals surface area contributed by atoms with Crippen LogP contribution < -0.4 is 5.32 Å². The van der Waals surface area contributed by atoms with E-state index in [9.17, 15) is 9.59 Å². The monoisotopic (exact) mass is 288 g/mol. The molecule has 0 aliphatic rings. The van der Waals surface area contributed by atoms with Crippen molar-refractivity contribution in [3.8, 4) is 0 Å². The van der Waals surface area contributed by atoms with Gasteiger partial charge in [-0.3, -0.25) is 9.48 Å². The van der Waals surface area contributed by atoms with Crippen LogP contribution >= 0.6 is 0 Å². The normalized spacial score (nSPS) is 12.0. The van der Waals surface area contributed by atoms with Gasteiger partial charge >= 0.3 is 5.97 Å². The summed E-state index contributed by atoms with van der Waals surface area (Å²) in [4.78, 5) is 26.5. The molecule has 2 rings (SSSR count). The van der Waals surface area contributed by atoms with Crippen molar-refractivity contribution in [1.29, 1.82) is 0 Å². The zero-order valence-electron chi connectivity index (χ0n) is 12.0. The minimum absolute atomic E-state index is 0.0947. The topological polar surface area (TPSA) is 97.1 Å². The Morgan fingerprint density at radius 1 is 1.33 bits per heavy atom. The second-order valence-electron chi connectivity index (χ2n) is 4.74. The molecule has 110 valence electrons. The zero-order valence-corrected chi connectivity index (χ0v) is 12.0. The predicted molar refractivity (Wildman–Crippen MR) is 75.0 cm³/mol. The van der Waals surface area contributed by atoms with Crippen molar-refractivity contribution < 1.29 is 14.7 Å². The molecule has 0 saturated carbocycles. The average molecular weight is 288 g/mol. The molecule has 0 fully saturated rings. The number of carbonyl (C=O) groups is 2. The summed E-state index contributed by atoms with van der Waals surface area (Å²) in [5.74, 6) is -1.43. The van der Waals surface area contributed by atoms with E-state index in [1.807, 2.05) is 20.9 Å². The number of aromatic nitrogens is 3. The number of amides is 1. The standard InChI is InChI=1S/C14H16N4O3/c1-8(11-7-16-18(3)9(11)2)17-13(19)10-4-5-12(14(20)21)15-6-10/h4-8H,1-3H3,(H,17,19)(H,20,21). The van der Waals surface area contributed by atoms with Crippen LogP contribution in [0.4, 0.5) is 0 Å². The number of aromatic carboxylic acids is 1. The Morgan fingerprint density at radius 3 is 2.52 bits per heavy atom. The van der Waals surface area contributed by atoms with E-state index in [2.05, 4.69) is 15.4 Å². The van der Waals surface area contributed by atoms with Gasteiger partial charge in [0.2, 0.25) is 0 Å². The molecular weight excluding hydrogens is 272 g/mol. The summed E-state index contributed by atoms with van der Waals surface area (Å²) in [6.07, 6.45) is 2.97. The number of rotatable bonds is 4. The van der Waals surface area contributed by atoms with Gasteiger partial charge in [0.25, 0.3) is 5.91 Å². The van der Waals surface area contributed by atoms with Crippen molar-refractivity contribution in [2.75, 3.05) is 0 Å². The molecule has 7 nitrogen and oxygen atoms in total. The number of pyridine rings is 1. The third-order valence-corrected chi connectivity index (χ3v) is 3.33. The van der Waals surface area contributed by atoms with E-state index >= 15 is 0 Å². The number of nitrogens with one attached hydrogen (secondary N) is 1. The lowest BCUT2D eigenvalue weighted by Gasteiger charge is -2.13. The maximum atomic E-state index is 12.1. The molecule has 0 spiro atoms. The lowest BCUT2D eigenvalue weighted by molar-refractivity contribution is 0.0689. The molecule has 0 bridgehead atoms. The molecule has 2 aromatic heterocycles. The summed E-state index contributed by atoms with van der Waals surface area (Å²) >= 11 is 0. The van der Waals surface area contributed by atoms with Crippen LogP contribution in [0.5, 0.6) is 0 Å². The number of nitrogens with zero attached hydrogens (tertiary/aromatic N) is 3. The largest absolute Gasteiger partial charge is 0.477 e. The first kappa shape index (κ1) is 14.7. The molecule has 2 N–H and O–H groups in total. The van der Waals surface area contributed by atoms with Gasteiger partial charge in [-0.2, -0.15) is 5.10 Å². The highest BCUT2D eigenvalue weighted by atomic mass is 16.4. The van der Waals surface area contributed by atoms with E-state index in [-0.39, 0.29) is 17.6 Å². The van der Waals surface area contributed by atoms with Crippen molar-refractivity contribution in [2.24, 2.45) is 7.05 Å². The number of carbonyl (C=O) groups excluding carboxylic acids is 1. The highest BCUT2D eigenvalue weighted by Crippen LogP contribution is 2.16. The number of aryl methyl sites for hydroxylation is 1. The summed E-state index contributed by atoms with van der Waals surface area (Å²) in [5.41, 5.74) is 2.12. The number of carboxylic acids is 1. The molecule has 7 heteroatoms. The number of hydrogen-bond donors (Lipinski definition) is 2. The third-order valence-electron chi connectivity index (χ3n) is 3.33. The Hall–Kier alpha value is -2.70. The minimum atomic E-state index is -1.12. The SMILES string of the molecule is Cc1c(C(C)NC(=O)c2ccc(C(=O)O)nc2)cnn1C. The second kappa shape index (κ2) is 5.74. The van der Waals surface area contributed by atoms with Crippen molar-refractivity contribution in [3.63, 3.8) is 0 Å². The van der Waals surface area contributed by atoms with Crippen LogP contribution in [0.1, 0.15) is 45.1 Å². The molecule has 0 aromatic carbocycles. The molecule has 0 radical (unpaired) electrons. The van der Waals surface area contributed by atoms with Crippen LogP contribution in [-0.2, 0) is 7.05 Å². The van der Waals surface area contributed by atoms with Gasteiger partial charge in [-0.1, -0.05) is 0 Å². The van der Waals surface area contributed by atoms with Crippen LogP contribution in [0, 0.1) is 6.92 Å². The lowest BCUT2D eigenvalue weighted by atomic mass is 10.1. The molecule has 1 amide bonds. The van der Waals surface area contributed by atoms with Crippen LogP contribution in [-0.4, -0.2) is 31.7 Å². The lowest BCUT2D eigenvalue weighted by Crippen LogP contribution is -2.27. The van der Waals surface area contributed by atoms with E-state index in [0.717, 1.165) is 11.3 Å². The van der Waals surface area contributed by atoms with Crippen molar-refractivity contribution in [1.82, 2.24) is 20.1 Å². The first-order chi connectivity index (χ1) is 9.90. The van der Waals surface area contributed by atoms with E-state index < -0.39 is 5.97 Å². The molecule has 1 unspecified atom stereocenters. The van der Waals surface area contributed by atoms with Crippen molar-refractivity contribution in [2.45, 2.75) is 19.9 Å². The van der Waals surface area contributed by atoms with Gasteiger partial charge < -0.3 is 10.4 Å². The first-order valence-corrected chi connectivity index (χ1v) is 6.39. The number of carboxylic acid groups (broad SMARTS) is 1. The van der Waals surface area contributed by atoms with Crippen LogP contribution in [0.3, 0.4) is 0 Å². The maximum absolute atomic E-state index is 12.1. The van der Waals surface area contributed by atoms with E-state index in [0.29, 0.717) is 5.56 Å². The summed E-state index contributed by atoms with van der Waals surface area (Å²) in [6.45, 7) is 3.79. The second-order valence-corrected chi connectivity index (χ2v) is 4.74. The minimum Gasteiger partial charge on any atom is -0.477 e. The van der Waals surface area contributed by atoms with Crippen molar-refractivity contribution in [3.05, 3.63) is 47.0 Å². The summed E-state index contributed by atoms with van der Waals surface area (Å²) < 4.78 is 1.74. The smallest absolute Gasteiger partial charge is 0.354 e. The average Bonchev–Trinajstić information content (AvgIpc) is 2.79. The molecule has 0 aliphatic heterocycles. The van der Waals surface area contributed by atoms with Gasteiger partial charge in [0.1, 0.15) is 5.69 Å². The Balaban J connectivity index is 2.10. The van der Waals surface area contributed by atoms with Gasteiger partial charge in [-0.15, -0.1) is 0 Å². The van der Waals surface area contributed by atoms with Crippen LogP contribution in [0.25, 0.3) is 0 Å². The highest BCUT2D eigenvalue weighted by molar-refractivity contribution is 5.95. The predicted octanol–water partition coefficient (Wildman–Crippen LogP) is 1.31. The van der Waals surface area contributed by atoms with Gasteiger partial charge in [-0.25, -0.2) is 9.78 Å². The van der Waals surface area contributed by atoms with Gasteiger partial charge in [0, 0.05) is 24.5 Å². The first-order valence-electron chi connectivity index (χ1n) is 6.39. The molecule has 1 atom stereocenters. The molecule has 0 aliphatic carbocycles. The van der Waals surface area contributed by atoms with Crippen LogP contribution in [0.15, 0.2) is 24.5 Å². The maximum Gasteiger partial charge on any atom is 0.354 e. The zero-order chi connectivity index (χ0) is 15.6. The fourth-order valence-electron chi connectivity index (χ4n) is 1.95. The molecule has 2 aromatic rings. The summed E-state index contributed by atoms with van der Waals surface area (Å²) in [5, 5.41) is 15.7. The fraction of sp³-hybridized carbons (Fsp3) is 0.286. The van der Waals surface area contributed by atoms with E-state index in [4.69, 9.17) is 5.11 Å². The Morgan fingerprint density at radius 2 is 2.05 bits per heavy atom. The summed E-state index contributed by atoms with van der Waals surface area (Å²) in [7, 11) is 1.84. The highest BCUT2D eigenvalue weighted by Gasteiger charge is 2.16. The molecule has 2 heterocycles. The third kappa shape index (κ3) is 3.07. The molecule has 0 saturated heterocycles. The number of hydrogen-bond acceptors (Lipinski definition) is 4. The fourth-order valence-corrected chi connectivity index (χ4v) is 1.95. The molecule has 21 heavy (non-hydrogen) atoms. The Bertz CT molecular complexity index is 676. The molecular formula is C14H16N4O3. The Labute approximate surface area is 121 Å². The van der Waals surface area contributed by atoms with Gasteiger partial charge in [-0.05, 0) is 26.0 Å². The van der Waals surface area contributed by atoms with E-state index in [1.165, 1.54) is 18.3 Å². The van der Waals surface area contributed by atoms with Crippen molar-refractivity contribution >= 4 is 11.9 Å². The van der Waals surface area contributed by atoms with Crippen LogP contribution in [0.2, 0.25) is 0 Å². The Kier molecular flexibility index (Phi) is 4.02. The van der Waals surface area contributed by atoms with Gasteiger partial charge in [0.05, 0.1) is 17.8 Å². The van der Waals surface area contributed by atoms with Gasteiger partial charge in [0.15, 0.2) is 0 Å². The van der Waals surface area contributed by atoms with E-state index in [1.54, 1.807) is 10.9 Å².